The van der Waals surface area contributed by atoms with Gasteiger partial charge in [0.2, 0.25) is 10.0 Å². The van der Waals surface area contributed by atoms with Crippen LogP contribution in [0.3, 0.4) is 0 Å². The van der Waals surface area contributed by atoms with Gasteiger partial charge in [-0.25, -0.2) is 8.42 Å². The Hall–Kier alpha value is -2.85. The zero-order chi connectivity index (χ0) is 25.0. The summed E-state index contributed by atoms with van der Waals surface area (Å²) in [6, 6.07) is 9.18. The van der Waals surface area contributed by atoms with Crippen LogP contribution in [0, 0.1) is 0 Å². The third kappa shape index (κ3) is 6.05. The zero-order valence-corrected chi connectivity index (χ0v) is 21.3. The van der Waals surface area contributed by atoms with Gasteiger partial charge in [0, 0.05) is 37.7 Å². The van der Waals surface area contributed by atoms with Crippen LogP contribution in [-0.4, -0.2) is 62.1 Å². The molecular formula is C25H35N5O4S. The molecule has 1 fully saturated rings. The van der Waals surface area contributed by atoms with E-state index in [0.29, 0.717) is 24.5 Å². The van der Waals surface area contributed by atoms with E-state index in [1.165, 1.54) is 23.4 Å². The highest BCUT2D eigenvalue weighted by Gasteiger charge is 2.27. The van der Waals surface area contributed by atoms with Crippen molar-refractivity contribution in [2.75, 3.05) is 42.1 Å². The van der Waals surface area contributed by atoms with Gasteiger partial charge in [0.25, 0.3) is 0 Å². The van der Waals surface area contributed by atoms with Crippen LogP contribution in [0.1, 0.15) is 49.4 Å². The highest BCUT2D eigenvalue weighted by atomic mass is 32.2. The smallest absolute Gasteiger partial charge is 0.313 e. The van der Waals surface area contributed by atoms with Crippen molar-refractivity contribution in [1.82, 2.24) is 14.8 Å². The number of rotatable bonds is 6. The van der Waals surface area contributed by atoms with Crippen molar-refractivity contribution in [3.8, 4) is 0 Å². The van der Waals surface area contributed by atoms with E-state index in [0.717, 1.165) is 50.0 Å². The normalized spacial score (nSPS) is 17.8. The van der Waals surface area contributed by atoms with Crippen LogP contribution in [0.5, 0.6) is 0 Å². The molecule has 2 aromatic rings. The van der Waals surface area contributed by atoms with E-state index < -0.39 is 21.8 Å². The zero-order valence-electron chi connectivity index (χ0n) is 20.5. The summed E-state index contributed by atoms with van der Waals surface area (Å²) in [4.78, 5) is 27.8. The van der Waals surface area contributed by atoms with Gasteiger partial charge in [0.15, 0.2) is 0 Å². The number of likely N-dealkylation sites (tertiary alicyclic amines) is 1. The summed E-state index contributed by atoms with van der Waals surface area (Å²) in [6.45, 7) is 2.66. The van der Waals surface area contributed by atoms with Crippen LogP contribution in [-0.2, 0) is 33.1 Å². The Kier molecular flexibility index (Phi) is 7.81. The topological polar surface area (TPSA) is 104 Å². The SMILES string of the molecule is Cn1cccc1C(CNC(=O)C(=O)Nc1ccc2c(c1)N(S(C)(=O)=O)CCC2)N1CCCCCC1. The molecule has 0 radical (unpaired) electrons. The van der Waals surface area contributed by atoms with Gasteiger partial charge in [-0.15, -0.1) is 0 Å². The number of hydrogen-bond acceptors (Lipinski definition) is 5. The molecule has 10 heteroatoms. The maximum atomic E-state index is 12.7. The summed E-state index contributed by atoms with van der Waals surface area (Å²) in [6.07, 6.45) is 9.35. The molecule has 1 saturated heterocycles. The lowest BCUT2D eigenvalue weighted by Crippen LogP contribution is -2.43. The molecule has 2 aliphatic rings. The highest BCUT2D eigenvalue weighted by Crippen LogP contribution is 2.31. The first-order chi connectivity index (χ1) is 16.7. The monoisotopic (exact) mass is 501 g/mol. The van der Waals surface area contributed by atoms with Gasteiger partial charge in [-0.1, -0.05) is 18.9 Å². The predicted molar refractivity (Wildman–Crippen MR) is 137 cm³/mol. The van der Waals surface area contributed by atoms with E-state index >= 15 is 0 Å². The Morgan fingerprint density at radius 3 is 2.40 bits per heavy atom. The second kappa shape index (κ2) is 10.8. The van der Waals surface area contributed by atoms with Crippen molar-refractivity contribution in [2.45, 2.75) is 44.6 Å². The molecule has 0 saturated carbocycles. The molecular weight excluding hydrogens is 466 g/mol. The van der Waals surface area contributed by atoms with E-state index in [1.54, 1.807) is 12.1 Å². The molecule has 1 aromatic heterocycles. The maximum absolute atomic E-state index is 12.7. The quantitative estimate of drug-likeness (QED) is 0.592. The molecule has 0 aliphatic carbocycles. The molecule has 2 amide bonds. The van der Waals surface area contributed by atoms with Crippen LogP contribution in [0.15, 0.2) is 36.5 Å². The second-order valence-corrected chi connectivity index (χ2v) is 11.4. The summed E-state index contributed by atoms with van der Waals surface area (Å²) in [5.74, 6) is -1.48. The largest absolute Gasteiger partial charge is 0.353 e. The number of nitrogens with one attached hydrogen (secondary N) is 2. The molecule has 1 atom stereocenters. The van der Waals surface area contributed by atoms with Crippen molar-refractivity contribution in [1.29, 1.82) is 0 Å². The lowest BCUT2D eigenvalue weighted by Gasteiger charge is -2.31. The van der Waals surface area contributed by atoms with Gasteiger partial charge < -0.3 is 15.2 Å². The lowest BCUT2D eigenvalue weighted by molar-refractivity contribution is -0.136. The van der Waals surface area contributed by atoms with Crippen molar-refractivity contribution in [3.63, 3.8) is 0 Å². The van der Waals surface area contributed by atoms with Crippen LogP contribution in [0.2, 0.25) is 0 Å². The minimum Gasteiger partial charge on any atom is -0.353 e. The number of benzene rings is 1. The fourth-order valence-corrected chi connectivity index (χ4v) is 6.06. The molecule has 2 aliphatic heterocycles. The minimum absolute atomic E-state index is 0.0167. The molecule has 0 bridgehead atoms. The van der Waals surface area contributed by atoms with E-state index in [1.807, 2.05) is 25.4 Å². The number of fused-ring (bicyclic) bond motifs is 1. The average molecular weight is 502 g/mol. The molecule has 1 aromatic carbocycles. The van der Waals surface area contributed by atoms with Crippen molar-refractivity contribution < 1.29 is 18.0 Å². The number of aryl methyl sites for hydroxylation is 2. The first kappa shape index (κ1) is 25.2. The molecule has 3 heterocycles. The summed E-state index contributed by atoms with van der Waals surface area (Å²) in [7, 11) is -1.43. The Morgan fingerprint density at radius 1 is 1.00 bits per heavy atom. The summed E-state index contributed by atoms with van der Waals surface area (Å²) in [5, 5.41) is 5.45. The van der Waals surface area contributed by atoms with Gasteiger partial charge in [0.1, 0.15) is 0 Å². The molecule has 9 nitrogen and oxygen atoms in total. The summed E-state index contributed by atoms with van der Waals surface area (Å²) < 4.78 is 27.8. The molecule has 0 spiro atoms. The Balaban J connectivity index is 1.43. The number of hydrogen-bond donors (Lipinski definition) is 2. The number of sulfonamides is 1. The van der Waals surface area contributed by atoms with Crippen LogP contribution in [0.4, 0.5) is 11.4 Å². The van der Waals surface area contributed by atoms with E-state index in [4.69, 9.17) is 0 Å². The van der Waals surface area contributed by atoms with Crippen LogP contribution >= 0.6 is 0 Å². The van der Waals surface area contributed by atoms with E-state index in [-0.39, 0.29) is 6.04 Å². The Morgan fingerprint density at radius 2 is 1.74 bits per heavy atom. The van der Waals surface area contributed by atoms with Gasteiger partial charge in [0.05, 0.1) is 18.0 Å². The lowest BCUT2D eigenvalue weighted by atomic mass is 10.0. The first-order valence-electron chi connectivity index (χ1n) is 12.3. The third-order valence-corrected chi connectivity index (χ3v) is 8.07. The van der Waals surface area contributed by atoms with Gasteiger partial charge in [-0.2, -0.15) is 0 Å². The predicted octanol–water partition coefficient (Wildman–Crippen LogP) is 2.41. The van der Waals surface area contributed by atoms with E-state index in [2.05, 4.69) is 26.2 Å². The van der Waals surface area contributed by atoms with Gasteiger partial charge in [-0.05, 0) is 68.6 Å². The highest BCUT2D eigenvalue weighted by molar-refractivity contribution is 7.92. The molecule has 190 valence electrons. The fraction of sp³-hybridized carbons (Fsp3) is 0.520. The number of carbonyl (C=O) groups excluding carboxylic acids is 2. The third-order valence-electron chi connectivity index (χ3n) is 6.89. The number of aromatic nitrogens is 1. The van der Waals surface area contributed by atoms with Gasteiger partial charge >= 0.3 is 11.8 Å². The van der Waals surface area contributed by atoms with Crippen molar-refractivity contribution >= 4 is 33.2 Å². The second-order valence-electron chi connectivity index (χ2n) is 9.46. The van der Waals surface area contributed by atoms with E-state index in [9.17, 15) is 18.0 Å². The van der Waals surface area contributed by atoms with Crippen molar-refractivity contribution in [3.05, 3.63) is 47.8 Å². The molecule has 2 N–H and O–H groups in total. The Labute approximate surface area is 207 Å². The van der Waals surface area contributed by atoms with Crippen LogP contribution < -0.4 is 14.9 Å². The summed E-state index contributed by atoms with van der Waals surface area (Å²) in [5.41, 5.74) is 2.96. The fourth-order valence-electron chi connectivity index (χ4n) is 5.07. The maximum Gasteiger partial charge on any atom is 0.313 e. The number of nitrogens with zero attached hydrogens (tertiary/aromatic N) is 3. The van der Waals surface area contributed by atoms with Crippen LogP contribution in [0.25, 0.3) is 0 Å². The summed E-state index contributed by atoms with van der Waals surface area (Å²) >= 11 is 0. The standard InChI is InChI=1S/C25H35N5O4S/c1-28-13-8-10-21(28)23(29-14-5-3-4-6-15-29)18-26-24(31)25(32)27-20-12-11-19-9-7-16-30(22(19)17-20)35(2,33)34/h8,10-13,17,23H,3-7,9,14-16,18H2,1-2H3,(H,26,31)(H,27,32). The van der Waals surface area contributed by atoms with Crippen molar-refractivity contribution in [2.24, 2.45) is 7.05 Å². The van der Waals surface area contributed by atoms with Gasteiger partial charge in [-0.3, -0.25) is 18.8 Å². The molecule has 4 rings (SSSR count). The Bertz CT molecular complexity index is 1170. The number of carbonyl (C=O) groups is 2. The molecule has 1 unspecified atom stereocenters. The number of amides is 2. The average Bonchev–Trinajstić information content (AvgIpc) is 3.06. The first-order valence-corrected chi connectivity index (χ1v) is 14.1. The molecule has 35 heavy (non-hydrogen) atoms. The number of anilines is 2. The minimum atomic E-state index is -3.42.